The molecule has 0 saturated heterocycles. The van der Waals surface area contributed by atoms with Gasteiger partial charge in [-0.3, -0.25) is 0 Å². The van der Waals surface area contributed by atoms with Crippen LogP contribution in [0.15, 0.2) is 0 Å². The summed E-state index contributed by atoms with van der Waals surface area (Å²) in [5, 5.41) is 0. The van der Waals surface area contributed by atoms with Gasteiger partial charge < -0.3 is 0 Å². The van der Waals surface area contributed by atoms with Crippen molar-refractivity contribution in [2.45, 2.75) is 25.7 Å². The van der Waals surface area contributed by atoms with Gasteiger partial charge in [-0.2, -0.15) is 0 Å². The molecule has 3 rings (SSSR count). The normalized spacial score (nSPS) is 66.0. The Labute approximate surface area is 50.3 Å². The molecule has 0 aromatic carbocycles. The summed E-state index contributed by atoms with van der Waals surface area (Å²) in [7, 11) is 0. The highest BCUT2D eigenvalue weighted by atomic mass is 14.7. The quantitative estimate of drug-likeness (QED) is 0.445. The van der Waals surface area contributed by atoms with Gasteiger partial charge in [0.15, 0.2) is 0 Å². The van der Waals surface area contributed by atoms with E-state index in [1.807, 2.05) is 0 Å². The maximum Gasteiger partial charge on any atom is -0.0323 e. The predicted molar refractivity (Wildman–Crippen MR) is 32.4 cm³/mol. The zero-order valence-electron chi connectivity index (χ0n) is 5.14. The van der Waals surface area contributed by atoms with Crippen LogP contribution in [-0.4, -0.2) is 0 Å². The Balaban J connectivity index is 2.02. The highest BCUT2D eigenvalue weighted by molar-refractivity contribution is 5.09. The molecule has 3 aliphatic rings. The van der Waals surface area contributed by atoms with E-state index in [-0.39, 0.29) is 0 Å². The van der Waals surface area contributed by atoms with Crippen molar-refractivity contribution in [2.24, 2.45) is 23.7 Å². The molecule has 3 aliphatic carbocycles. The second-order valence-corrected chi connectivity index (χ2v) is 3.82. The molecule has 0 amide bonds. The molecule has 0 bridgehead atoms. The number of hydrogen-bond donors (Lipinski definition) is 0. The van der Waals surface area contributed by atoms with Crippen LogP contribution in [0.3, 0.4) is 0 Å². The van der Waals surface area contributed by atoms with Crippen LogP contribution in [0, 0.1) is 23.7 Å². The maximum atomic E-state index is 1.60. The molecule has 0 heteroatoms. The van der Waals surface area contributed by atoms with Crippen molar-refractivity contribution in [2.75, 3.05) is 0 Å². The SMILES string of the molecule is C1C[C@@H]2C3C1CC[C@@H]32. The summed E-state index contributed by atoms with van der Waals surface area (Å²) in [6.45, 7) is 0. The van der Waals surface area contributed by atoms with Gasteiger partial charge in [-0.05, 0) is 49.4 Å². The molecular weight excluding hydrogens is 96.1 g/mol. The minimum Gasteiger partial charge on any atom is -0.0499 e. The minimum atomic E-state index is 1.21. The Morgan fingerprint density at radius 3 is 1.75 bits per heavy atom. The summed E-state index contributed by atoms with van der Waals surface area (Å²) >= 11 is 0. The van der Waals surface area contributed by atoms with Gasteiger partial charge in [0, 0.05) is 0 Å². The zero-order valence-corrected chi connectivity index (χ0v) is 5.14. The Morgan fingerprint density at radius 1 is 0.750 bits per heavy atom. The molecule has 0 aromatic rings. The van der Waals surface area contributed by atoms with E-state index in [1.54, 1.807) is 25.7 Å². The molecule has 44 valence electrons. The molecule has 0 nitrogen and oxygen atoms in total. The summed E-state index contributed by atoms with van der Waals surface area (Å²) in [5.74, 6) is 4.96. The largest absolute Gasteiger partial charge is 0.0499 e. The lowest BCUT2D eigenvalue weighted by atomic mass is 10.1. The molecule has 8 heavy (non-hydrogen) atoms. The molecule has 0 radical (unpaired) electrons. The molecule has 3 fully saturated rings. The average molecular weight is 108 g/mol. The van der Waals surface area contributed by atoms with Crippen molar-refractivity contribution in [3.63, 3.8) is 0 Å². The molecular formula is C8H12. The third-order valence-corrected chi connectivity index (χ3v) is 3.68. The highest BCUT2D eigenvalue weighted by Crippen LogP contribution is 2.68. The molecule has 4 atom stereocenters. The zero-order chi connectivity index (χ0) is 5.14. The molecule has 0 aliphatic heterocycles. The molecule has 0 heterocycles. The number of rotatable bonds is 0. The molecule has 0 N–H and O–H groups in total. The minimum absolute atomic E-state index is 1.21. The van der Waals surface area contributed by atoms with E-state index in [2.05, 4.69) is 0 Å². The van der Waals surface area contributed by atoms with Gasteiger partial charge in [-0.15, -0.1) is 0 Å². The number of hydrogen-bond acceptors (Lipinski definition) is 0. The summed E-state index contributed by atoms with van der Waals surface area (Å²) in [6.07, 6.45) is 6.37. The van der Waals surface area contributed by atoms with Gasteiger partial charge in [0.1, 0.15) is 0 Å². The van der Waals surface area contributed by atoms with Crippen molar-refractivity contribution in [1.29, 1.82) is 0 Å². The van der Waals surface area contributed by atoms with Crippen molar-refractivity contribution in [3.8, 4) is 0 Å². The van der Waals surface area contributed by atoms with Crippen LogP contribution >= 0.6 is 0 Å². The fourth-order valence-corrected chi connectivity index (χ4v) is 3.33. The summed E-state index contributed by atoms with van der Waals surface area (Å²) in [6, 6.07) is 0. The lowest BCUT2D eigenvalue weighted by Gasteiger charge is -1.99. The van der Waals surface area contributed by atoms with E-state index in [4.69, 9.17) is 0 Å². The van der Waals surface area contributed by atoms with Gasteiger partial charge in [0.2, 0.25) is 0 Å². The third kappa shape index (κ3) is 0.260. The van der Waals surface area contributed by atoms with Crippen molar-refractivity contribution in [1.82, 2.24) is 0 Å². The lowest BCUT2D eigenvalue weighted by Crippen LogP contribution is -1.89. The van der Waals surface area contributed by atoms with Crippen LogP contribution in [0.4, 0.5) is 0 Å². The maximum absolute atomic E-state index is 1.60. The van der Waals surface area contributed by atoms with Gasteiger partial charge in [0.25, 0.3) is 0 Å². The summed E-state index contributed by atoms with van der Waals surface area (Å²) in [4.78, 5) is 0. The van der Waals surface area contributed by atoms with Crippen molar-refractivity contribution < 1.29 is 0 Å². The van der Waals surface area contributed by atoms with Crippen molar-refractivity contribution in [3.05, 3.63) is 0 Å². The van der Waals surface area contributed by atoms with Crippen LogP contribution < -0.4 is 0 Å². The van der Waals surface area contributed by atoms with E-state index in [0.29, 0.717) is 0 Å². The third-order valence-electron chi connectivity index (χ3n) is 3.68. The van der Waals surface area contributed by atoms with Gasteiger partial charge in [-0.25, -0.2) is 0 Å². The first kappa shape index (κ1) is 3.92. The summed E-state index contributed by atoms with van der Waals surface area (Å²) < 4.78 is 0. The Kier molecular flexibility index (Phi) is 0.482. The first-order valence-corrected chi connectivity index (χ1v) is 3.97. The fourth-order valence-electron chi connectivity index (χ4n) is 3.33. The first-order chi connectivity index (χ1) is 3.97. The molecule has 0 aromatic heterocycles. The van der Waals surface area contributed by atoms with E-state index in [0.717, 1.165) is 0 Å². The second-order valence-electron chi connectivity index (χ2n) is 3.82. The molecule has 2 unspecified atom stereocenters. The topological polar surface area (TPSA) is 0 Å². The predicted octanol–water partition coefficient (Wildman–Crippen LogP) is 2.05. The van der Waals surface area contributed by atoms with Gasteiger partial charge in [-0.1, -0.05) is 0 Å². The van der Waals surface area contributed by atoms with Crippen LogP contribution in [0.25, 0.3) is 0 Å². The summed E-state index contributed by atoms with van der Waals surface area (Å²) in [5.41, 5.74) is 0. The van der Waals surface area contributed by atoms with Gasteiger partial charge in [0.05, 0.1) is 0 Å². The van der Waals surface area contributed by atoms with Crippen LogP contribution in [0.5, 0.6) is 0 Å². The molecule has 0 spiro atoms. The van der Waals surface area contributed by atoms with Crippen molar-refractivity contribution >= 4 is 0 Å². The second kappa shape index (κ2) is 0.984. The van der Waals surface area contributed by atoms with Crippen LogP contribution in [-0.2, 0) is 0 Å². The Hall–Kier alpha value is 0. The lowest BCUT2D eigenvalue weighted by molar-refractivity contribution is 0.514. The Morgan fingerprint density at radius 2 is 1.38 bits per heavy atom. The van der Waals surface area contributed by atoms with Crippen LogP contribution in [0.2, 0.25) is 0 Å². The Bertz CT molecular complexity index is 114. The fraction of sp³-hybridized carbons (Fsp3) is 1.00. The number of fused-ring (bicyclic) bond motifs is 1. The van der Waals surface area contributed by atoms with E-state index >= 15 is 0 Å². The smallest absolute Gasteiger partial charge is 0.0323 e. The highest BCUT2D eigenvalue weighted by Gasteiger charge is 2.60. The monoisotopic (exact) mass is 108 g/mol. The standard InChI is InChI=1S/C8H12/c1-3-6-7-4-2-5(1)8(6)7/h5-8H,1-4H2/t5?,6-,7+,8?. The van der Waals surface area contributed by atoms with E-state index in [9.17, 15) is 0 Å². The van der Waals surface area contributed by atoms with E-state index < -0.39 is 0 Å². The first-order valence-electron chi connectivity index (χ1n) is 3.97. The van der Waals surface area contributed by atoms with E-state index in [1.165, 1.54) is 23.7 Å². The average Bonchev–Trinajstić information content (AvgIpc) is 2.11. The van der Waals surface area contributed by atoms with Crippen LogP contribution in [0.1, 0.15) is 25.7 Å². The van der Waals surface area contributed by atoms with Gasteiger partial charge >= 0.3 is 0 Å². The molecule has 3 saturated carbocycles.